The Labute approximate surface area is 132 Å². The number of primary amides is 1. The number of rotatable bonds is 6. The maximum Gasteiger partial charge on any atom is 0.252 e. The molecule has 1 rings (SSSR count). The Morgan fingerprint density at radius 3 is 2.43 bits per heavy atom. The second-order valence-electron chi connectivity index (χ2n) is 6.46. The third kappa shape index (κ3) is 5.02. The van der Waals surface area contributed by atoms with E-state index in [9.17, 15) is 4.79 Å². The van der Waals surface area contributed by atoms with E-state index in [0.29, 0.717) is 24.0 Å². The Morgan fingerprint density at radius 2 is 1.90 bits per heavy atom. The molecule has 0 aliphatic carbocycles. The number of hydrogen-bond donors (Lipinski definition) is 1. The molecule has 0 unspecified atom stereocenters. The molecule has 0 aromatic heterocycles. The highest BCUT2D eigenvalue weighted by atomic mass is 35.5. The fourth-order valence-electron chi connectivity index (χ4n) is 1.49. The molecule has 0 saturated carbocycles. The van der Waals surface area contributed by atoms with Crippen LogP contribution in [0.5, 0.6) is 5.75 Å². The molecule has 118 valence electrons. The first-order chi connectivity index (χ1) is 9.54. The minimum Gasteiger partial charge on any atom is -0.490 e. The van der Waals surface area contributed by atoms with E-state index < -0.39 is 14.2 Å². The van der Waals surface area contributed by atoms with E-state index in [2.05, 4.69) is 33.9 Å². The molecule has 1 amide bonds. The molecule has 0 bridgehead atoms. The van der Waals surface area contributed by atoms with Gasteiger partial charge in [-0.25, -0.2) is 0 Å². The molecule has 2 N–H and O–H groups in total. The summed E-state index contributed by atoms with van der Waals surface area (Å²) < 4.78 is 11.6. The molecular weight excluding hydrogens is 306 g/mol. The van der Waals surface area contributed by atoms with Crippen LogP contribution in [0.25, 0.3) is 0 Å². The van der Waals surface area contributed by atoms with Crippen LogP contribution in [0, 0.1) is 0 Å². The topological polar surface area (TPSA) is 61.6 Å². The summed E-state index contributed by atoms with van der Waals surface area (Å²) in [6.45, 7) is 11.8. The monoisotopic (exact) mass is 329 g/mol. The molecule has 0 heterocycles. The van der Waals surface area contributed by atoms with Gasteiger partial charge in [0.25, 0.3) is 5.91 Å². The zero-order chi connectivity index (χ0) is 16.3. The van der Waals surface area contributed by atoms with Gasteiger partial charge in [-0.2, -0.15) is 0 Å². The highest BCUT2D eigenvalue weighted by Crippen LogP contribution is 2.36. The number of amides is 1. The van der Waals surface area contributed by atoms with Crippen molar-refractivity contribution in [3.63, 3.8) is 0 Å². The van der Waals surface area contributed by atoms with E-state index in [1.807, 2.05) is 0 Å². The number of benzene rings is 1. The Balaban J connectivity index is 2.60. The van der Waals surface area contributed by atoms with Crippen molar-refractivity contribution < 1.29 is 14.0 Å². The van der Waals surface area contributed by atoms with Crippen LogP contribution in [0.1, 0.15) is 31.1 Å². The summed E-state index contributed by atoms with van der Waals surface area (Å²) in [6, 6.07) is 4.82. The average molecular weight is 330 g/mol. The molecular formula is C15H24ClNO3Si. The third-order valence-electron chi connectivity index (χ3n) is 3.82. The second-order valence-corrected chi connectivity index (χ2v) is 11.7. The van der Waals surface area contributed by atoms with Crippen molar-refractivity contribution in [2.24, 2.45) is 5.73 Å². The molecule has 1 aromatic rings. The van der Waals surface area contributed by atoms with Crippen molar-refractivity contribution in [3.05, 3.63) is 28.8 Å². The van der Waals surface area contributed by atoms with Crippen LogP contribution in [0.2, 0.25) is 23.2 Å². The maximum atomic E-state index is 11.4. The number of carbonyl (C=O) groups excluding carboxylic acids is 1. The van der Waals surface area contributed by atoms with Crippen molar-refractivity contribution in [3.8, 4) is 5.75 Å². The van der Waals surface area contributed by atoms with E-state index in [1.54, 1.807) is 12.1 Å². The largest absolute Gasteiger partial charge is 0.490 e. The summed E-state index contributed by atoms with van der Waals surface area (Å²) in [5.41, 5.74) is 5.60. The molecule has 0 saturated heterocycles. The lowest BCUT2D eigenvalue weighted by molar-refractivity contribution is 0.0995. The normalized spacial score (nSPS) is 12.3. The fourth-order valence-corrected chi connectivity index (χ4v) is 2.68. The van der Waals surface area contributed by atoms with Gasteiger partial charge >= 0.3 is 0 Å². The van der Waals surface area contributed by atoms with Crippen LogP contribution >= 0.6 is 11.6 Å². The predicted octanol–water partition coefficient (Wildman–Crippen LogP) is 3.84. The van der Waals surface area contributed by atoms with Crippen molar-refractivity contribution >= 4 is 25.8 Å². The Kier molecular flexibility index (Phi) is 5.84. The molecule has 4 nitrogen and oxygen atoms in total. The van der Waals surface area contributed by atoms with Gasteiger partial charge < -0.3 is 14.9 Å². The van der Waals surface area contributed by atoms with Crippen molar-refractivity contribution in [1.82, 2.24) is 0 Å². The zero-order valence-corrected chi connectivity index (χ0v) is 15.1. The summed E-state index contributed by atoms with van der Waals surface area (Å²) in [6.07, 6.45) is 0. The predicted molar refractivity (Wildman–Crippen MR) is 88.6 cm³/mol. The van der Waals surface area contributed by atoms with Gasteiger partial charge in [0.2, 0.25) is 0 Å². The van der Waals surface area contributed by atoms with Gasteiger partial charge in [-0.05, 0) is 36.3 Å². The van der Waals surface area contributed by atoms with E-state index in [4.69, 9.17) is 26.5 Å². The van der Waals surface area contributed by atoms with Gasteiger partial charge in [0, 0.05) is 5.02 Å². The first kappa shape index (κ1) is 18.0. The van der Waals surface area contributed by atoms with Crippen molar-refractivity contribution in [2.75, 3.05) is 13.2 Å². The molecule has 1 aromatic carbocycles. The summed E-state index contributed by atoms with van der Waals surface area (Å²) in [4.78, 5) is 11.4. The highest BCUT2D eigenvalue weighted by molar-refractivity contribution is 6.74. The maximum absolute atomic E-state index is 11.4. The fraction of sp³-hybridized carbons (Fsp3) is 0.533. The van der Waals surface area contributed by atoms with Crippen molar-refractivity contribution in [1.29, 1.82) is 0 Å². The van der Waals surface area contributed by atoms with Crippen molar-refractivity contribution in [2.45, 2.75) is 38.9 Å². The lowest BCUT2D eigenvalue weighted by Crippen LogP contribution is -2.41. The van der Waals surface area contributed by atoms with Gasteiger partial charge in [0.05, 0.1) is 12.2 Å². The summed E-state index contributed by atoms with van der Waals surface area (Å²) in [5.74, 6) is -0.122. The van der Waals surface area contributed by atoms with Gasteiger partial charge in [-0.1, -0.05) is 32.4 Å². The van der Waals surface area contributed by atoms with E-state index in [1.165, 1.54) is 6.07 Å². The van der Waals surface area contributed by atoms with Crippen LogP contribution < -0.4 is 10.5 Å². The van der Waals surface area contributed by atoms with Gasteiger partial charge in [0.1, 0.15) is 12.4 Å². The Bertz CT molecular complexity index is 512. The quantitative estimate of drug-likeness (QED) is 0.637. The summed E-state index contributed by atoms with van der Waals surface area (Å²) >= 11 is 5.85. The number of ether oxygens (including phenoxy) is 1. The van der Waals surface area contributed by atoms with Crippen LogP contribution in [0.3, 0.4) is 0 Å². The lowest BCUT2D eigenvalue weighted by Gasteiger charge is -2.36. The molecule has 6 heteroatoms. The molecule has 21 heavy (non-hydrogen) atoms. The van der Waals surface area contributed by atoms with Crippen LogP contribution in [-0.2, 0) is 4.43 Å². The second kappa shape index (κ2) is 6.81. The minimum absolute atomic E-state index is 0.158. The Hall–Kier alpha value is -1.04. The molecule has 0 radical (unpaired) electrons. The summed E-state index contributed by atoms with van der Waals surface area (Å²) in [5, 5.41) is 0.611. The van der Waals surface area contributed by atoms with E-state index >= 15 is 0 Å². The molecule has 0 fully saturated rings. The smallest absolute Gasteiger partial charge is 0.252 e. The molecule has 0 atom stereocenters. The summed E-state index contributed by atoms with van der Waals surface area (Å²) in [7, 11) is -1.78. The minimum atomic E-state index is -1.78. The van der Waals surface area contributed by atoms with E-state index in [-0.39, 0.29) is 10.6 Å². The van der Waals surface area contributed by atoms with Gasteiger partial charge in [-0.15, -0.1) is 0 Å². The zero-order valence-electron chi connectivity index (χ0n) is 13.3. The first-order valence-electron chi connectivity index (χ1n) is 6.91. The highest BCUT2D eigenvalue weighted by Gasteiger charge is 2.36. The van der Waals surface area contributed by atoms with Gasteiger partial charge in [-0.3, -0.25) is 4.79 Å². The first-order valence-corrected chi connectivity index (χ1v) is 10.2. The SMILES string of the molecule is CC(C)(C)[Si](C)(C)OCCOc1ccc(Cl)cc1C(N)=O. The lowest BCUT2D eigenvalue weighted by atomic mass is 10.2. The van der Waals surface area contributed by atoms with Crippen LogP contribution in [0.15, 0.2) is 18.2 Å². The number of nitrogens with two attached hydrogens (primary N) is 1. The van der Waals surface area contributed by atoms with E-state index in [0.717, 1.165) is 0 Å². The van der Waals surface area contributed by atoms with Gasteiger partial charge in [0.15, 0.2) is 8.32 Å². The van der Waals surface area contributed by atoms with Crippen LogP contribution in [0.4, 0.5) is 0 Å². The molecule has 0 aliphatic heterocycles. The number of halogens is 1. The average Bonchev–Trinajstić information content (AvgIpc) is 2.34. The molecule has 0 spiro atoms. The van der Waals surface area contributed by atoms with Crippen LogP contribution in [-0.4, -0.2) is 27.4 Å². The number of hydrogen-bond acceptors (Lipinski definition) is 3. The third-order valence-corrected chi connectivity index (χ3v) is 8.59. The number of carbonyl (C=O) groups is 1. The standard InChI is InChI=1S/C15H24ClNO3Si/c1-15(2,3)21(4,5)20-9-8-19-13-7-6-11(16)10-12(13)14(17)18/h6-7,10H,8-9H2,1-5H3,(H2,17,18). The molecule has 0 aliphatic rings. The Morgan fingerprint density at radius 1 is 1.29 bits per heavy atom.